The van der Waals surface area contributed by atoms with Gasteiger partial charge in [0.1, 0.15) is 5.75 Å². The van der Waals surface area contributed by atoms with E-state index in [2.05, 4.69) is 0 Å². The maximum absolute atomic E-state index is 13.2. The number of hydrogen-bond donors (Lipinski definition) is 0. The number of benzene rings is 2. The van der Waals surface area contributed by atoms with E-state index in [1.165, 1.54) is 24.8 Å². The van der Waals surface area contributed by atoms with Crippen molar-refractivity contribution in [2.45, 2.75) is 22.9 Å². The van der Waals surface area contributed by atoms with Gasteiger partial charge in [0, 0.05) is 23.6 Å². The molecule has 0 saturated heterocycles. The summed E-state index contributed by atoms with van der Waals surface area (Å²) in [7, 11) is 1.55. The Labute approximate surface area is 169 Å². The summed E-state index contributed by atoms with van der Waals surface area (Å²) < 4.78 is 52.3. The third kappa shape index (κ3) is 3.27. The van der Waals surface area contributed by atoms with Gasteiger partial charge in [-0.3, -0.25) is 4.79 Å². The summed E-state index contributed by atoms with van der Waals surface area (Å²) in [6, 6.07) is 14.1. The van der Waals surface area contributed by atoms with Crippen molar-refractivity contribution >= 4 is 17.7 Å². The normalized spacial score (nSPS) is 18.0. The zero-order valence-corrected chi connectivity index (χ0v) is 16.3. The highest BCUT2D eigenvalue weighted by molar-refractivity contribution is 8.00. The minimum atomic E-state index is -4.45. The van der Waals surface area contributed by atoms with Gasteiger partial charge in [0.15, 0.2) is 0 Å². The molecule has 1 unspecified atom stereocenters. The second-order valence-electron chi connectivity index (χ2n) is 6.48. The Kier molecular flexibility index (Phi) is 4.61. The molecule has 0 fully saturated rings. The summed E-state index contributed by atoms with van der Waals surface area (Å²) >= 11 is 1.19. The standard InChI is InChI=1S/C21H16F3NO3S/c1-13(26)28-20(14-5-8-16(27-2)9-6-14)19-4-3-11-25(19)17-12-15(21(22,23)24)7-10-18(17)29-20/h3-12H,1-2H3. The summed E-state index contributed by atoms with van der Waals surface area (Å²) in [5.41, 5.74) is 0.876. The second kappa shape index (κ2) is 6.88. The SMILES string of the molecule is COc1ccc(C2(OC(C)=O)Sc3ccc(C(F)(F)F)cc3-n3cccc32)cc1. The predicted octanol–water partition coefficient (Wildman–Crippen LogP) is 5.37. The van der Waals surface area contributed by atoms with Crippen molar-refractivity contribution in [1.82, 2.24) is 4.57 Å². The van der Waals surface area contributed by atoms with E-state index in [1.807, 2.05) is 0 Å². The molecule has 0 aliphatic carbocycles. The van der Waals surface area contributed by atoms with Crippen molar-refractivity contribution < 1.29 is 27.4 Å². The van der Waals surface area contributed by atoms with Crippen LogP contribution in [0.15, 0.2) is 65.7 Å². The molecule has 0 amide bonds. The molecule has 1 aliphatic heterocycles. The minimum absolute atomic E-state index is 0.390. The van der Waals surface area contributed by atoms with Gasteiger partial charge in [-0.2, -0.15) is 13.2 Å². The molecular weight excluding hydrogens is 403 g/mol. The number of rotatable bonds is 3. The monoisotopic (exact) mass is 419 g/mol. The van der Waals surface area contributed by atoms with Crippen LogP contribution in [0.4, 0.5) is 13.2 Å². The van der Waals surface area contributed by atoms with Gasteiger partial charge in [-0.05, 0) is 42.5 Å². The van der Waals surface area contributed by atoms with Crippen LogP contribution in [0, 0.1) is 0 Å². The molecule has 0 bridgehead atoms. The number of methoxy groups -OCH3 is 1. The molecule has 1 aromatic heterocycles. The number of ether oxygens (including phenoxy) is 2. The third-order valence-corrected chi connectivity index (χ3v) is 6.02. The van der Waals surface area contributed by atoms with Gasteiger partial charge in [-0.15, -0.1) is 0 Å². The number of aromatic nitrogens is 1. The van der Waals surface area contributed by atoms with Crippen molar-refractivity contribution in [1.29, 1.82) is 0 Å². The molecule has 8 heteroatoms. The smallest absolute Gasteiger partial charge is 0.416 e. The van der Waals surface area contributed by atoms with Gasteiger partial charge < -0.3 is 14.0 Å². The molecule has 2 aromatic carbocycles. The Hall–Kier alpha value is -2.87. The number of carbonyl (C=O) groups is 1. The zero-order valence-electron chi connectivity index (χ0n) is 15.5. The van der Waals surface area contributed by atoms with Crippen LogP contribution in [0.25, 0.3) is 5.69 Å². The number of nitrogens with zero attached hydrogens (tertiary/aromatic N) is 1. The van der Waals surface area contributed by atoms with Gasteiger partial charge in [0.25, 0.3) is 0 Å². The summed E-state index contributed by atoms with van der Waals surface area (Å²) in [6.07, 6.45) is -2.79. The first-order chi connectivity index (χ1) is 13.7. The van der Waals surface area contributed by atoms with Crippen molar-refractivity contribution in [3.8, 4) is 11.4 Å². The number of alkyl halides is 3. The second-order valence-corrected chi connectivity index (χ2v) is 7.70. The van der Waals surface area contributed by atoms with E-state index in [-0.39, 0.29) is 0 Å². The van der Waals surface area contributed by atoms with Gasteiger partial charge >= 0.3 is 12.1 Å². The maximum atomic E-state index is 13.2. The topological polar surface area (TPSA) is 40.5 Å². The van der Waals surface area contributed by atoms with E-state index >= 15 is 0 Å². The van der Waals surface area contributed by atoms with Crippen LogP contribution < -0.4 is 4.74 Å². The Balaban J connectivity index is 1.92. The minimum Gasteiger partial charge on any atom is -0.497 e. The van der Waals surface area contributed by atoms with Crippen LogP contribution in [0.5, 0.6) is 5.75 Å². The van der Waals surface area contributed by atoms with Gasteiger partial charge in [0.05, 0.1) is 24.1 Å². The number of fused-ring (bicyclic) bond motifs is 3. The van der Waals surface area contributed by atoms with Gasteiger partial charge in [0.2, 0.25) is 4.93 Å². The highest BCUT2D eigenvalue weighted by Crippen LogP contribution is 2.54. The molecule has 29 heavy (non-hydrogen) atoms. The molecule has 0 radical (unpaired) electrons. The molecule has 3 aromatic rings. The predicted molar refractivity (Wildman–Crippen MR) is 102 cm³/mol. The highest BCUT2D eigenvalue weighted by atomic mass is 32.2. The van der Waals surface area contributed by atoms with Crippen molar-refractivity contribution in [2.24, 2.45) is 0 Å². The molecular formula is C21H16F3NO3S. The summed E-state index contributed by atoms with van der Waals surface area (Å²) in [4.78, 5) is 11.4. The maximum Gasteiger partial charge on any atom is 0.416 e. The first kappa shape index (κ1) is 19.4. The molecule has 2 heterocycles. The van der Waals surface area contributed by atoms with E-state index in [0.717, 1.165) is 12.1 Å². The van der Waals surface area contributed by atoms with Gasteiger partial charge in [-0.1, -0.05) is 23.9 Å². The Morgan fingerprint density at radius 1 is 1.10 bits per heavy atom. The number of carbonyl (C=O) groups excluding carboxylic acids is 1. The summed E-state index contributed by atoms with van der Waals surface area (Å²) in [6.45, 7) is 1.31. The molecule has 150 valence electrons. The Morgan fingerprint density at radius 2 is 1.83 bits per heavy atom. The van der Waals surface area contributed by atoms with Crippen LogP contribution in [0.1, 0.15) is 23.7 Å². The highest BCUT2D eigenvalue weighted by Gasteiger charge is 2.46. The lowest BCUT2D eigenvalue weighted by Crippen LogP contribution is -2.34. The Morgan fingerprint density at radius 3 is 2.45 bits per heavy atom. The third-order valence-electron chi connectivity index (χ3n) is 4.64. The Bertz CT molecular complexity index is 1080. The molecule has 1 atom stereocenters. The van der Waals surface area contributed by atoms with E-state index in [0.29, 0.717) is 27.6 Å². The zero-order chi connectivity index (χ0) is 20.8. The average Bonchev–Trinajstić information content (AvgIpc) is 3.17. The van der Waals surface area contributed by atoms with Crippen LogP contribution in [-0.4, -0.2) is 17.6 Å². The van der Waals surface area contributed by atoms with Crippen LogP contribution >= 0.6 is 11.8 Å². The molecule has 0 spiro atoms. The number of thioether (sulfide) groups is 1. The molecule has 0 saturated carbocycles. The fourth-order valence-corrected chi connectivity index (χ4v) is 4.78. The molecule has 0 N–H and O–H groups in total. The van der Waals surface area contributed by atoms with E-state index in [9.17, 15) is 18.0 Å². The van der Waals surface area contributed by atoms with Crippen LogP contribution in [-0.2, 0) is 20.6 Å². The van der Waals surface area contributed by atoms with E-state index in [4.69, 9.17) is 9.47 Å². The lowest BCUT2D eigenvalue weighted by molar-refractivity contribution is -0.147. The van der Waals surface area contributed by atoms with Gasteiger partial charge in [-0.25, -0.2) is 0 Å². The molecule has 4 rings (SSSR count). The van der Waals surface area contributed by atoms with E-state index < -0.39 is 22.6 Å². The average molecular weight is 419 g/mol. The van der Waals surface area contributed by atoms with Crippen molar-refractivity contribution in [3.05, 3.63) is 77.6 Å². The number of hydrogen-bond acceptors (Lipinski definition) is 4. The lowest BCUT2D eigenvalue weighted by Gasteiger charge is -2.38. The summed E-state index contributed by atoms with van der Waals surface area (Å²) in [5, 5.41) is 0. The van der Waals surface area contributed by atoms with Crippen molar-refractivity contribution in [3.63, 3.8) is 0 Å². The van der Waals surface area contributed by atoms with E-state index in [1.54, 1.807) is 54.3 Å². The fraction of sp³-hybridized carbons (Fsp3) is 0.190. The van der Waals surface area contributed by atoms with Crippen molar-refractivity contribution in [2.75, 3.05) is 7.11 Å². The first-order valence-corrected chi connectivity index (χ1v) is 9.49. The largest absolute Gasteiger partial charge is 0.497 e. The summed E-state index contributed by atoms with van der Waals surface area (Å²) in [5.74, 6) is 0.134. The van der Waals surface area contributed by atoms with Crippen LogP contribution in [0.3, 0.4) is 0 Å². The number of esters is 1. The molecule has 4 nitrogen and oxygen atoms in total. The molecule has 1 aliphatic rings. The number of halogens is 3. The fourth-order valence-electron chi connectivity index (χ4n) is 3.39. The quantitative estimate of drug-likeness (QED) is 0.535. The van der Waals surface area contributed by atoms with Crippen LogP contribution in [0.2, 0.25) is 0 Å². The lowest BCUT2D eigenvalue weighted by atomic mass is 10.0. The first-order valence-electron chi connectivity index (χ1n) is 8.67.